The van der Waals surface area contributed by atoms with Gasteiger partial charge in [-0.3, -0.25) is 4.98 Å². The van der Waals surface area contributed by atoms with Crippen molar-refractivity contribution in [1.29, 1.82) is 0 Å². The number of nitrogens with one attached hydrogen (secondary N) is 1. The standard InChI is InChI=1S/C12H19N3/c1-9-4-5-12(6-13-9)15-7-10(2)14-11(3)8-15/h4-6,10-11,14H,7-8H2,1-3H3. The third kappa shape index (κ3) is 2.48. The minimum absolute atomic E-state index is 0.551. The van der Waals surface area contributed by atoms with E-state index in [-0.39, 0.29) is 0 Å². The summed E-state index contributed by atoms with van der Waals surface area (Å²) < 4.78 is 0. The molecule has 82 valence electrons. The highest BCUT2D eigenvalue weighted by Crippen LogP contribution is 2.16. The van der Waals surface area contributed by atoms with Crippen LogP contribution in [0.4, 0.5) is 5.69 Å². The Morgan fingerprint density at radius 2 is 1.93 bits per heavy atom. The fourth-order valence-electron chi connectivity index (χ4n) is 2.18. The summed E-state index contributed by atoms with van der Waals surface area (Å²) in [7, 11) is 0. The Balaban J connectivity index is 2.12. The van der Waals surface area contributed by atoms with E-state index >= 15 is 0 Å². The van der Waals surface area contributed by atoms with E-state index in [9.17, 15) is 0 Å². The molecule has 2 unspecified atom stereocenters. The van der Waals surface area contributed by atoms with Crippen molar-refractivity contribution in [2.24, 2.45) is 0 Å². The van der Waals surface area contributed by atoms with E-state index in [1.54, 1.807) is 0 Å². The van der Waals surface area contributed by atoms with E-state index < -0.39 is 0 Å². The van der Waals surface area contributed by atoms with Crippen molar-refractivity contribution in [3.05, 3.63) is 24.0 Å². The van der Waals surface area contributed by atoms with Gasteiger partial charge < -0.3 is 10.2 Å². The highest BCUT2D eigenvalue weighted by molar-refractivity contribution is 5.45. The Kier molecular flexibility index (Phi) is 2.91. The molecule has 0 bridgehead atoms. The topological polar surface area (TPSA) is 28.2 Å². The van der Waals surface area contributed by atoms with Crippen LogP contribution in [0.3, 0.4) is 0 Å². The van der Waals surface area contributed by atoms with Crippen LogP contribution in [0.2, 0.25) is 0 Å². The number of hydrogen-bond donors (Lipinski definition) is 1. The van der Waals surface area contributed by atoms with Gasteiger partial charge in [0, 0.05) is 30.9 Å². The molecule has 15 heavy (non-hydrogen) atoms. The Labute approximate surface area is 91.5 Å². The average Bonchev–Trinajstić information content (AvgIpc) is 2.17. The van der Waals surface area contributed by atoms with Crippen LogP contribution in [0.25, 0.3) is 0 Å². The summed E-state index contributed by atoms with van der Waals surface area (Å²) in [5.41, 5.74) is 2.32. The number of aryl methyl sites for hydroxylation is 1. The second-order valence-corrected chi connectivity index (χ2v) is 4.53. The van der Waals surface area contributed by atoms with E-state index in [2.05, 4.69) is 41.2 Å². The fourth-order valence-corrected chi connectivity index (χ4v) is 2.18. The van der Waals surface area contributed by atoms with Crippen LogP contribution in [0.15, 0.2) is 18.3 Å². The molecule has 0 aliphatic carbocycles. The Hall–Kier alpha value is -1.09. The summed E-state index contributed by atoms with van der Waals surface area (Å²) in [6.45, 7) is 8.60. The van der Waals surface area contributed by atoms with Crippen molar-refractivity contribution >= 4 is 5.69 Å². The Morgan fingerprint density at radius 3 is 2.47 bits per heavy atom. The second kappa shape index (κ2) is 4.19. The van der Waals surface area contributed by atoms with Gasteiger partial charge in [-0.15, -0.1) is 0 Å². The van der Waals surface area contributed by atoms with Crippen molar-refractivity contribution in [1.82, 2.24) is 10.3 Å². The molecule has 1 aliphatic rings. The normalized spacial score (nSPS) is 26.7. The fraction of sp³-hybridized carbons (Fsp3) is 0.583. The van der Waals surface area contributed by atoms with Crippen molar-refractivity contribution in [3.8, 4) is 0 Å². The van der Waals surface area contributed by atoms with Gasteiger partial charge in [-0.2, -0.15) is 0 Å². The van der Waals surface area contributed by atoms with Gasteiger partial charge in [-0.05, 0) is 32.9 Å². The largest absolute Gasteiger partial charge is 0.367 e. The van der Waals surface area contributed by atoms with Crippen LogP contribution in [0.1, 0.15) is 19.5 Å². The smallest absolute Gasteiger partial charge is 0.0554 e. The van der Waals surface area contributed by atoms with Gasteiger partial charge in [0.1, 0.15) is 0 Å². The van der Waals surface area contributed by atoms with Crippen LogP contribution >= 0.6 is 0 Å². The molecule has 1 saturated heterocycles. The first-order valence-corrected chi connectivity index (χ1v) is 5.59. The first-order valence-electron chi connectivity index (χ1n) is 5.59. The molecule has 1 N–H and O–H groups in total. The molecular weight excluding hydrogens is 186 g/mol. The molecule has 1 aromatic rings. The predicted octanol–water partition coefficient (Wildman–Crippen LogP) is 1.58. The molecule has 0 radical (unpaired) electrons. The zero-order chi connectivity index (χ0) is 10.8. The molecule has 0 amide bonds. The van der Waals surface area contributed by atoms with Crippen LogP contribution in [-0.4, -0.2) is 30.2 Å². The molecule has 3 nitrogen and oxygen atoms in total. The lowest BCUT2D eigenvalue weighted by molar-refractivity contribution is 0.407. The van der Waals surface area contributed by atoms with E-state index in [4.69, 9.17) is 0 Å². The molecule has 0 saturated carbocycles. The number of nitrogens with zero attached hydrogens (tertiary/aromatic N) is 2. The average molecular weight is 205 g/mol. The minimum atomic E-state index is 0.551. The monoisotopic (exact) mass is 205 g/mol. The van der Waals surface area contributed by atoms with Crippen LogP contribution in [0, 0.1) is 6.92 Å². The maximum Gasteiger partial charge on any atom is 0.0554 e. The lowest BCUT2D eigenvalue weighted by atomic mass is 10.1. The van der Waals surface area contributed by atoms with Gasteiger partial charge in [0.05, 0.1) is 11.9 Å². The molecule has 1 aliphatic heterocycles. The number of pyridine rings is 1. The minimum Gasteiger partial charge on any atom is -0.367 e. The lowest BCUT2D eigenvalue weighted by Gasteiger charge is -2.37. The number of rotatable bonds is 1. The highest BCUT2D eigenvalue weighted by Gasteiger charge is 2.20. The SMILES string of the molecule is Cc1ccc(N2CC(C)NC(C)C2)cn1. The van der Waals surface area contributed by atoms with Crippen LogP contribution < -0.4 is 10.2 Å². The van der Waals surface area contributed by atoms with E-state index in [0.29, 0.717) is 12.1 Å². The Morgan fingerprint density at radius 1 is 1.27 bits per heavy atom. The van der Waals surface area contributed by atoms with Gasteiger partial charge in [-0.1, -0.05) is 0 Å². The summed E-state index contributed by atoms with van der Waals surface area (Å²) in [6.07, 6.45) is 1.97. The molecule has 2 heterocycles. The number of piperazine rings is 1. The highest BCUT2D eigenvalue weighted by atomic mass is 15.2. The number of aromatic nitrogens is 1. The maximum absolute atomic E-state index is 4.34. The molecule has 2 atom stereocenters. The van der Waals surface area contributed by atoms with Crippen molar-refractivity contribution in [2.45, 2.75) is 32.9 Å². The molecule has 0 aromatic carbocycles. The quantitative estimate of drug-likeness (QED) is 0.754. The van der Waals surface area contributed by atoms with Gasteiger partial charge in [0.15, 0.2) is 0 Å². The summed E-state index contributed by atoms with van der Waals surface area (Å²) >= 11 is 0. The Bertz CT molecular complexity index is 310. The van der Waals surface area contributed by atoms with Crippen molar-refractivity contribution in [2.75, 3.05) is 18.0 Å². The summed E-state index contributed by atoms with van der Waals surface area (Å²) in [6, 6.07) is 5.34. The van der Waals surface area contributed by atoms with E-state index in [1.807, 2.05) is 13.1 Å². The molecule has 0 spiro atoms. The lowest BCUT2D eigenvalue weighted by Crippen LogP contribution is -2.54. The van der Waals surface area contributed by atoms with Crippen molar-refractivity contribution in [3.63, 3.8) is 0 Å². The predicted molar refractivity (Wildman–Crippen MR) is 63.2 cm³/mol. The zero-order valence-electron chi connectivity index (χ0n) is 9.70. The van der Waals surface area contributed by atoms with Gasteiger partial charge in [-0.25, -0.2) is 0 Å². The third-order valence-electron chi connectivity index (χ3n) is 2.82. The molecule has 2 rings (SSSR count). The van der Waals surface area contributed by atoms with Crippen molar-refractivity contribution < 1.29 is 0 Å². The summed E-state index contributed by atoms with van der Waals surface area (Å²) in [4.78, 5) is 6.74. The zero-order valence-corrected chi connectivity index (χ0v) is 9.70. The first-order chi connectivity index (χ1) is 7.15. The van der Waals surface area contributed by atoms with Crippen LogP contribution in [-0.2, 0) is 0 Å². The van der Waals surface area contributed by atoms with Gasteiger partial charge >= 0.3 is 0 Å². The van der Waals surface area contributed by atoms with Gasteiger partial charge in [0.2, 0.25) is 0 Å². The first kappa shape index (κ1) is 10.4. The molecule has 3 heteroatoms. The van der Waals surface area contributed by atoms with E-state index in [1.165, 1.54) is 5.69 Å². The molecule has 1 fully saturated rings. The second-order valence-electron chi connectivity index (χ2n) is 4.53. The third-order valence-corrected chi connectivity index (χ3v) is 2.82. The number of hydrogen-bond acceptors (Lipinski definition) is 3. The molecule has 1 aromatic heterocycles. The molecular formula is C12H19N3. The number of anilines is 1. The van der Waals surface area contributed by atoms with Gasteiger partial charge in [0.25, 0.3) is 0 Å². The van der Waals surface area contributed by atoms with Crippen LogP contribution in [0.5, 0.6) is 0 Å². The maximum atomic E-state index is 4.34. The van der Waals surface area contributed by atoms with E-state index in [0.717, 1.165) is 18.8 Å². The summed E-state index contributed by atoms with van der Waals surface area (Å²) in [5, 5.41) is 3.53. The summed E-state index contributed by atoms with van der Waals surface area (Å²) in [5.74, 6) is 0.